The topological polar surface area (TPSA) is 89.0 Å². The van der Waals surface area contributed by atoms with Crippen LogP contribution in [-0.2, 0) is 0 Å². The van der Waals surface area contributed by atoms with E-state index in [1.165, 1.54) is 6.42 Å². The van der Waals surface area contributed by atoms with E-state index in [2.05, 4.69) is 15.4 Å². The summed E-state index contributed by atoms with van der Waals surface area (Å²) < 4.78 is 1.68. The Hall–Kier alpha value is -1.30. The minimum Gasteiger partial charge on any atom is -0.391 e. The van der Waals surface area contributed by atoms with Gasteiger partial charge in [-0.2, -0.15) is 4.98 Å². The molecule has 1 aromatic rings. The molecule has 0 saturated heterocycles. The second-order valence-electron chi connectivity index (χ2n) is 5.31. The number of aromatic nitrogens is 3. The molecule has 0 aromatic carbocycles. The first-order valence-corrected chi connectivity index (χ1v) is 6.74. The Morgan fingerprint density at radius 3 is 2.78 bits per heavy atom. The van der Waals surface area contributed by atoms with Gasteiger partial charge in [0.25, 0.3) is 0 Å². The third-order valence-corrected chi connectivity index (χ3v) is 3.33. The highest BCUT2D eigenvalue weighted by Crippen LogP contribution is 2.29. The van der Waals surface area contributed by atoms with Crippen LogP contribution in [0.5, 0.6) is 0 Å². The van der Waals surface area contributed by atoms with Crippen molar-refractivity contribution in [3.05, 3.63) is 0 Å². The molecule has 0 amide bonds. The maximum Gasteiger partial charge on any atom is 0.244 e. The molecular formula is C12H23N5O. The summed E-state index contributed by atoms with van der Waals surface area (Å²) in [4.78, 5) is 4.20. The maximum atomic E-state index is 10.2. The number of anilines is 2. The first kappa shape index (κ1) is 13.1. The lowest BCUT2D eigenvalue weighted by atomic mass is 10.1. The lowest BCUT2D eigenvalue weighted by Gasteiger charge is -2.20. The standard InChI is InChI=1S/C12H23N5O/c1-8(2)14-12-15-11(13)17(16-12)9-6-4-3-5-7-10(9)18/h8-10,18H,3-7H2,1-2H3,(H3,13,14,15,16). The van der Waals surface area contributed by atoms with Crippen molar-refractivity contribution in [2.75, 3.05) is 11.1 Å². The van der Waals surface area contributed by atoms with Gasteiger partial charge in [0, 0.05) is 6.04 Å². The highest BCUT2D eigenvalue weighted by molar-refractivity contribution is 5.32. The number of nitrogens with one attached hydrogen (secondary N) is 1. The lowest BCUT2D eigenvalue weighted by molar-refractivity contribution is 0.100. The summed E-state index contributed by atoms with van der Waals surface area (Å²) in [5.41, 5.74) is 5.90. The van der Waals surface area contributed by atoms with Crippen molar-refractivity contribution in [1.82, 2.24) is 14.8 Å². The van der Waals surface area contributed by atoms with E-state index in [0.29, 0.717) is 11.9 Å². The Bertz CT molecular complexity index is 390. The van der Waals surface area contributed by atoms with Crippen molar-refractivity contribution in [3.63, 3.8) is 0 Å². The van der Waals surface area contributed by atoms with E-state index in [1.54, 1.807) is 4.68 Å². The Morgan fingerprint density at radius 2 is 2.06 bits per heavy atom. The number of hydrogen-bond donors (Lipinski definition) is 3. The van der Waals surface area contributed by atoms with Gasteiger partial charge in [-0.1, -0.05) is 19.3 Å². The summed E-state index contributed by atoms with van der Waals surface area (Å²) in [6.07, 6.45) is 4.70. The van der Waals surface area contributed by atoms with Gasteiger partial charge in [0.05, 0.1) is 12.1 Å². The SMILES string of the molecule is CC(C)Nc1nc(N)n(C2CCCCCC2O)n1. The van der Waals surface area contributed by atoms with Gasteiger partial charge in [0.15, 0.2) is 0 Å². The van der Waals surface area contributed by atoms with E-state index >= 15 is 0 Å². The van der Waals surface area contributed by atoms with Crippen molar-refractivity contribution in [1.29, 1.82) is 0 Å². The van der Waals surface area contributed by atoms with Crippen LogP contribution < -0.4 is 11.1 Å². The predicted octanol–water partition coefficient (Wildman–Crippen LogP) is 1.55. The smallest absolute Gasteiger partial charge is 0.244 e. The molecule has 1 heterocycles. The second kappa shape index (κ2) is 5.56. The number of rotatable bonds is 3. The molecule has 6 heteroatoms. The number of aliphatic hydroxyl groups excluding tert-OH is 1. The molecule has 1 aromatic heterocycles. The molecular weight excluding hydrogens is 230 g/mol. The first-order valence-electron chi connectivity index (χ1n) is 6.74. The molecule has 2 unspecified atom stereocenters. The van der Waals surface area contributed by atoms with Gasteiger partial charge >= 0.3 is 0 Å². The van der Waals surface area contributed by atoms with Crippen molar-refractivity contribution >= 4 is 11.9 Å². The van der Waals surface area contributed by atoms with Crippen LogP contribution in [0.15, 0.2) is 0 Å². The van der Waals surface area contributed by atoms with Gasteiger partial charge in [-0.05, 0) is 26.7 Å². The molecule has 0 spiro atoms. The highest BCUT2D eigenvalue weighted by Gasteiger charge is 2.26. The van der Waals surface area contributed by atoms with E-state index < -0.39 is 0 Å². The Labute approximate surface area is 108 Å². The zero-order valence-corrected chi connectivity index (χ0v) is 11.1. The van der Waals surface area contributed by atoms with Crippen molar-refractivity contribution in [2.24, 2.45) is 0 Å². The average molecular weight is 253 g/mol. The van der Waals surface area contributed by atoms with Crippen LogP contribution in [0, 0.1) is 0 Å². The quantitative estimate of drug-likeness (QED) is 0.711. The summed E-state index contributed by atoms with van der Waals surface area (Å²) in [6, 6.07) is 0.224. The van der Waals surface area contributed by atoms with Crippen LogP contribution in [-0.4, -0.2) is 32.0 Å². The fourth-order valence-electron chi connectivity index (χ4n) is 2.45. The molecule has 1 fully saturated rings. The zero-order chi connectivity index (χ0) is 13.1. The average Bonchev–Trinajstić information content (AvgIpc) is 2.50. The van der Waals surface area contributed by atoms with Gasteiger partial charge in [-0.25, -0.2) is 4.68 Å². The van der Waals surface area contributed by atoms with Crippen LogP contribution in [0.2, 0.25) is 0 Å². The van der Waals surface area contributed by atoms with Crippen LogP contribution in [0.25, 0.3) is 0 Å². The molecule has 1 aliphatic carbocycles. The van der Waals surface area contributed by atoms with E-state index in [-0.39, 0.29) is 18.2 Å². The summed E-state index contributed by atoms with van der Waals surface area (Å²) in [5.74, 6) is 0.919. The summed E-state index contributed by atoms with van der Waals surface area (Å²) in [7, 11) is 0. The Kier molecular flexibility index (Phi) is 4.06. The lowest BCUT2D eigenvalue weighted by Crippen LogP contribution is -2.25. The normalized spacial score (nSPS) is 25.1. The van der Waals surface area contributed by atoms with E-state index in [0.717, 1.165) is 25.7 Å². The van der Waals surface area contributed by atoms with Crippen molar-refractivity contribution in [2.45, 2.75) is 64.1 Å². The summed E-state index contributed by atoms with van der Waals surface area (Å²) in [5, 5.41) is 17.7. The highest BCUT2D eigenvalue weighted by atomic mass is 16.3. The largest absolute Gasteiger partial charge is 0.391 e. The third-order valence-electron chi connectivity index (χ3n) is 3.33. The minimum absolute atomic E-state index is 0.0392. The molecule has 0 aliphatic heterocycles. The van der Waals surface area contributed by atoms with Gasteiger partial charge in [-0.3, -0.25) is 0 Å². The van der Waals surface area contributed by atoms with Gasteiger partial charge < -0.3 is 16.2 Å². The second-order valence-corrected chi connectivity index (χ2v) is 5.31. The molecule has 0 bridgehead atoms. The van der Waals surface area contributed by atoms with E-state index in [4.69, 9.17) is 5.73 Å². The monoisotopic (exact) mass is 253 g/mol. The molecule has 1 aliphatic rings. The molecule has 18 heavy (non-hydrogen) atoms. The number of hydrogen-bond acceptors (Lipinski definition) is 5. The molecule has 102 valence electrons. The number of nitrogens with two attached hydrogens (primary N) is 1. The van der Waals surface area contributed by atoms with E-state index in [1.807, 2.05) is 13.8 Å². The molecule has 6 nitrogen and oxygen atoms in total. The molecule has 4 N–H and O–H groups in total. The summed E-state index contributed by atoms with van der Waals surface area (Å²) >= 11 is 0. The van der Waals surface area contributed by atoms with Crippen molar-refractivity contribution in [3.8, 4) is 0 Å². The van der Waals surface area contributed by atoms with Crippen LogP contribution in [0.4, 0.5) is 11.9 Å². The van der Waals surface area contributed by atoms with Crippen LogP contribution >= 0.6 is 0 Å². The fraction of sp³-hybridized carbons (Fsp3) is 0.833. The third kappa shape index (κ3) is 2.93. The summed E-state index contributed by atoms with van der Waals surface area (Å²) in [6.45, 7) is 4.05. The van der Waals surface area contributed by atoms with Gasteiger partial charge in [0.2, 0.25) is 11.9 Å². The minimum atomic E-state index is -0.372. The number of aliphatic hydroxyl groups is 1. The number of nitrogen functional groups attached to an aromatic ring is 1. The fourth-order valence-corrected chi connectivity index (χ4v) is 2.45. The Balaban J connectivity index is 2.17. The molecule has 0 radical (unpaired) electrons. The van der Waals surface area contributed by atoms with Crippen molar-refractivity contribution < 1.29 is 5.11 Å². The first-order chi connectivity index (χ1) is 8.58. The van der Waals surface area contributed by atoms with Gasteiger partial charge in [-0.15, -0.1) is 5.10 Å². The molecule has 2 rings (SSSR count). The van der Waals surface area contributed by atoms with E-state index in [9.17, 15) is 5.11 Å². The predicted molar refractivity (Wildman–Crippen MR) is 71.3 cm³/mol. The van der Waals surface area contributed by atoms with Gasteiger partial charge in [0.1, 0.15) is 0 Å². The Morgan fingerprint density at radius 1 is 1.33 bits per heavy atom. The molecule has 2 atom stereocenters. The molecule has 1 saturated carbocycles. The van der Waals surface area contributed by atoms with Crippen LogP contribution in [0.1, 0.15) is 52.0 Å². The van der Waals surface area contributed by atoms with Crippen LogP contribution in [0.3, 0.4) is 0 Å². The maximum absolute atomic E-state index is 10.2. The number of nitrogens with zero attached hydrogens (tertiary/aromatic N) is 3. The zero-order valence-electron chi connectivity index (χ0n) is 11.1.